The largest absolute Gasteiger partial charge is 0.353 e. The molecule has 1 saturated heterocycles. The monoisotopic (exact) mass is 345 g/mol. The van der Waals surface area contributed by atoms with E-state index in [9.17, 15) is 4.79 Å². The smallest absolute Gasteiger partial charge is 0.220 e. The molecule has 2 unspecified atom stereocenters. The molecule has 3 aliphatic carbocycles. The van der Waals surface area contributed by atoms with Crippen molar-refractivity contribution in [2.45, 2.75) is 104 Å². The lowest BCUT2D eigenvalue weighted by Crippen LogP contribution is -2.61. The summed E-state index contributed by atoms with van der Waals surface area (Å²) in [7, 11) is 0. The zero-order chi connectivity index (χ0) is 17.7. The third-order valence-corrected chi connectivity index (χ3v) is 9.45. The van der Waals surface area contributed by atoms with Crippen molar-refractivity contribution in [3.63, 3.8) is 0 Å². The summed E-state index contributed by atoms with van der Waals surface area (Å²) in [6.07, 6.45) is 16.0. The van der Waals surface area contributed by atoms with Crippen LogP contribution in [0.4, 0.5) is 0 Å². The highest BCUT2D eigenvalue weighted by atomic mass is 16.1. The minimum atomic E-state index is 0.304. The molecule has 2 nitrogen and oxygen atoms in total. The summed E-state index contributed by atoms with van der Waals surface area (Å²) in [5.74, 6) is 4.05. The number of piperidine rings is 1. The van der Waals surface area contributed by atoms with Crippen molar-refractivity contribution in [2.24, 2.45) is 34.5 Å². The number of carbonyl (C=O) groups is 1. The fraction of sp³-hybridized carbons (Fsp3) is 0.957. The van der Waals surface area contributed by atoms with Crippen LogP contribution in [0.3, 0.4) is 0 Å². The van der Waals surface area contributed by atoms with Gasteiger partial charge in [-0.05, 0) is 85.9 Å². The molecular formula is C23H39NO. The Kier molecular flexibility index (Phi) is 4.69. The molecule has 2 heteroatoms. The molecule has 7 atom stereocenters. The molecule has 3 saturated carbocycles. The van der Waals surface area contributed by atoms with E-state index >= 15 is 0 Å². The van der Waals surface area contributed by atoms with Crippen molar-refractivity contribution in [1.82, 2.24) is 5.32 Å². The molecule has 0 radical (unpaired) electrons. The SMILES string of the molecule is CCCCCC1CC[C@H]2[C@@H]3CCC4NC(=O)CC[C@]4(C)[C@@H]3CC[C@]12C. The molecular weight excluding hydrogens is 306 g/mol. The van der Waals surface area contributed by atoms with E-state index in [1.165, 1.54) is 64.2 Å². The summed E-state index contributed by atoms with van der Waals surface area (Å²) < 4.78 is 0. The molecule has 0 bridgehead atoms. The first-order chi connectivity index (χ1) is 12.0. The molecule has 1 N–H and O–H groups in total. The molecule has 4 aliphatic rings. The maximum Gasteiger partial charge on any atom is 0.220 e. The number of amides is 1. The zero-order valence-electron chi connectivity index (χ0n) is 16.8. The number of hydrogen-bond donors (Lipinski definition) is 1. The summed E-state index contributed by atoms with van der Waals surface area (Å²) in [6, 6.07) is 0.459. The number of nitrogens with one attached hydrogen (secondary N) is 1. The van der Waals surface area contributed by atoms with Crippen LogP contribution in [0.15, 0.2) is 0 Å². The van der Waals surface area contributed by atoms with Crippen LogP contribution in [-0.4, -0.2) is 11.9 Å². The van der Waals surface area contributed by atoms with Gasteiger partial charge < -0.3 is 5.32 Å². The minimum Gasteiger partial charge on any atom is -0.353 e. The van der Waals surface area contributed by atoms with Crippen LogP contribution < -0.4 is 5.32 Å². The van der Waals surface area contributed by atoms with Gasteiger partial charge in [0.25, 0.3) is 0 Å². The topological polar surface area (TPSA) is 29.1 Å². The number of hydrogen-bond acceptors (Lipinski definition) is 1. The lowest BCUT2D eigenvalue weighted by Gasteiger charge is -2.60. The predicted octanol–water partition coefficient (Wildman–Crippen LogP) is 5.70. The van der Waals surface area contributed by atoms with Crippen LogP contribution in [0.25, 0.3) is 0 Å². The standard InChI is InChI=1S/C23H39NO/c1-4-5-6-7-16-8-10-18-17-9-11-20-23(3,15-13-21(25)24-20)19(17)12-14-22(16,18)2/h16-20H,4-15H2,1-3H3,(H,24,25)/t16?,17-,18-,19+,20?,22+,23+/m0/s1. The zero-order valence-corrected chi connectivity index (χ0v) is 16.8. The number of fused-ring (bicyclic) bond motifs is 5. The van der Waals surface area contributed by atoms with Crippen molar-refractivity contribution in [3.05, 3.63) is 0 Å². The Morgan fingerprint density at radius 1 is 0.960 bits per heavy atom. The van der Waals surface area contributed by atoms with Gasteiger partial charge in [-0.1, -0.05) is 40.0 Å². The summed E-state index contributed by atoms with van der Waals surface area (Å²) >= 11 is 0. The van der Waals surface area contributed by atoms with Crippen LogP contribution in [0.5, 0.6) is 0 Å². The molecule has 4 fully saturated rings. The highest BCUT2D eigenvalue weighted by molar-refractivity contribution is 5.77. The fourth-order valence-corrected chi connectivity index (χ4v) is 7.93. The molecule has 1 aliphatic heterocycles. The van der Waals surface area contributed by atoms with Gasteiger partial charge in [-0.25, -0.2) is 0 Å². The molecule has 1 heterocycles. The van der Waals surface area contributed by atoms with Crippen molar-refractivity contribution >= 4 is 5.91 Å². The minimum absolute atomic E-state index is 0.304. The first kappa shape index (κ1) is 17.9. The molecule has 25 heavy (non-hydrogen) atoms. The molecule has 142 valence electrons. The van der Waals surface area contributed by atoms with Crippen LogP contribution in [0.1, 0.15) is 97.8 Å². The van der Waals surface area contributed by atoms with Gasteiger partial charge in [0.05, 0.1) is 0 Å². The van der Waals surface area contributed by atoms with E-state index in [-0.39, 0.29) is 0 Å². The Hall–Kier alpha value is -0.530. The fourth-order valence-electron chi connectivity index (χ4n) is 7.93. The van der Waals surface area contributed by atoms with Gasteiger partial charge in [0.15, 0.2) is 0 Å². The summed E-state index contributed by atoms with van der Waals surface area (Å²) in [5, 5.41) is 3.37. The van der Waals surface area contributed by atoms with E-state index in [0.29, 0.717) is 22.8 Å². The summed E-state index contributed by atoms with van der Waals surface area (Å²) in [4.78, 5) is 11.9. The van der Waals surface area contributed by atoms with Crippen LogP contribution in [0, 0.1) is 34.5 Å². The highest BCUT2D eigenvalue weighted by Crippen LogP contribution is 2.66. The normalized spacial score (nSPS) is 49.1. The van der Waals surface area contributed by atoms with Gasteiger partial charge in [0, 0.05) is 12.5 Å². The lowest BCUT2D eigenvalue weighted by molar-refractivity contribution is -0.136. The van der Waals surface area contributed by atoms with E-state index in [4.69, 9.17) is 0 Å². The number of rotatable bonds is 4. The second-order valence-electron chi connectivity index (χ2n) is 10.4. The molecule has 0 aromatic heterocycles. The quantitative estimate of drug-likeness (QED) is 0.650. The molecule has 4 rings (SSSR count). The van der Waals surface area contributed by atoms with E-state index in [2.05, 4.69) is 26.1 Å². The van der Waals surface area contributed by atoms with Gasteiger partial charge >= 0.3 is 0 Å². The molecule has 1 amide bonds. The van der Waals surface area contributed by atoms with E-state index in [1.807, 2.05) is 0 Å². The van der Waals surface area contributed by atoms with Gasteiger partial charge in [-0.15, -0.1) is 0 Å². The van der Waals surface area contributed by atoms with Crippen molar-refractivity contribution < 1.29 is 4.79 Å². The second kappa shape index (κ2) is 6.57. The molecule has 0 spiro atoms. The average Bonchev–Trinajstić information content (AvgIpc) is 2.92. The third-order valence-electron chi connectivity index (χ3n) is 9.45. The molecule has 0 aromatic carbocycles. The van der Waals surface area contributed by atoms with Crippen LogP contribution >= 0.6 is 0 Å². The van der Waals surface area contributed by atoms with E-state index < -0.39 is 0 Å². The Labute approximate surface area is 154 Å². The molecule has 0 aromatic rings. The first-order valence-electron chi connectivity index (χ1n) is 11.3. The van der Waals surface area contributed by atoms with E-state index in [0.717, 1.165) is 36.5 Å². The van der Waals surface area contributed by atoms with Gasteiger partial charge in [-0.2, -0.15) is 0 Å². The van der Waals surface area contributed by atoms with Crippen molar-refractivity contribution in [1.29, 1.82) is 0 Å². The van der Waals surface area contributed by atoms with Crippen molar-refractivity contribution in [3.8, 4) is 0 Å². The summed E-state index contributed by atoms with van der Waals surface area (Å²) in [5.41, 5.74) is 0.995. The second-order valence-corrected chi connectivity index (χ2v) is 10.4. The highest BCUT2D eigenvalue weighted by Gasteiger charge is 2.59. The summed E-state index contributed by atoms with van der Waals surface area (Å²) in [6.45, 7) is 7.51. The Bertz CT molecular complexity index is 516. The Morgan fingerprint density at radius 2 is 1.76 bits per heavy atom. The number of carbonyl (C=O) groups excluding carboxylic acids is 1. The lowest BCUT2D eigenvalue weighted by atomic mass is 9.47. The third kappa shape index (κ3) is 2.77. The van der Waals surface area contributed by atoms with Crippen LogP contribution in [0.2, 0.25) is 0 Å². The van der Waals surface area contributed by atoms with Gasteiger partial charge in [0.1, 0.15) is 0 Å². The maximum absolute atomic E-state index is 11.9. The van der Waals surface area contributed by atoms with Crippen molar-refractivity contribution in [2.75, 3.05) is 0 Å². The maximum atomic E-state index is 11.9. The van der Waals surface area contributed by atoms with Gasteiger partial charge in [0.2, 0.25) is 5.91 Å². The average molecular weight is 346 g/mol. The Balaban J connectivity index is 1.51. The van der Waals surface area contributed by atoms with Gasteiger partial charge in [-0.3, -0.25) is 4.79 Å². The van der Waals surface area contributed by atoms with Crippen LogP contribution in [-0.2, 0) is 4.79 Å². The first-order valence-corrected chi connectivity index (χ1v) is 11.3. The Morgan fingerprint density at radius 3 is 2.56 bits per heavy atom. The predicted molar refractivity (Wildman–Crippen MR) is 103 cm³/mol. The van der Waals surface area contributed by atoms with E-state index in [1.54, 1.807) is 0 Å². The number of unbranched alkanes of at least 4 members (excludes halogenated alkanes) is 2.